The first kappa shape index (κ1) is 22.2. The second-order valence-corrected chi connectivity index (χ2v) is 8.91. The van der Waals surface area contributed by atoms with Gasteiger partial charge in [0.05, 0.1) is 31.6 Å². The van der Waals surface area contributed by atoms with Gasteiger partial charge in [-0.3, -0.25) is 9.36 Å². The van der Waals surface area contributed by atoms with Crippen LogP contribution in [0.4, 0.5) is 5.82 Å². The van der Waals surface area contributed by atoms with Gasteiger partial charge in [-0.05, 0) is 20.8 Å². The molecule has 3 N–H and O–H groups in total. The van der Waals surface area contributed by atoms with Crippen molar-refractivity contribution in [1.29, 1.82) is 0 Å². The molecule has 0 fully saturated rings. The molecule has 0 spiro atoms. The molecule has 0 aliphatic rings. The van der Waals surface area contributed by atoms with E-state index in [1.165, 1.54) is 6.33 Å². The van der Waals surface area contributed by atoms with Gasteiger partial charge in [0.15, 0.2) is 11.5 Å². The van der Waals surface area contributed by atoms with E-state index in [-0.39, 0.29) is 31.6 Å². The number of carbonyl (C=O) groups is 1. The van der Waals surface area contributed by atoms with Crippen LogP contribution in [-0.2, 0) is 29.9 Å². The van der Waals surface area contributed by atoms with Gasteiger partial charge in [0.2, 0.25) is 0 Å². The van der Waals surface area contributed by atoms with E-state index in [0.717, 1.165) is 0 Å². The third-order valence-corrected chi connectivity index (χ3v) is 4.68. The van der Waals surface area contributed by atoms with Crippen LogP contribution in [0.15, 0.2) is 12.7 Å². The third kappa shape index (κ3) is 6.52. The standard InChI is InChI=1S/C16H26N5O6P/c1-16(2,3)15(22)26-6-4-7-27-28(23,24)11-25-8-5-21-10-20-12-13(17)18-9-19-14(12)21/h9-10H,4-8,11H2,1-3H3,(H,23,24)(H2,17,18,19). The maximum atomic E-state index is 11.9. The van der Waals surface area contributed by atoms with Gasteiger partial charge in [-0.25, -0.2) is 15.0 Å². The van der Waals surface area contributed by atoms with Gasteiger partial charge in [-0.15, -0.1) is 0 Å². The van der Waals surface area contributed by atoms with E-state index in [0.29, 0.717) is 24.1 Å². The van der Waals surface area contributed by atoms with Crippen molar-refractivity contribution in [2.45, 2.75) is 33.7 Å². The summed E-state index contributed by atoms with van der Waals surface area (Å²) in [6.07, 6.45) is 2.76. The highest BCUT2D eigenvalue weighted by molar-refractivity contribution is 7.52. The number of nitrogens with two attached hydrogens (primary N) is 1. The predicted molar refractivity (Wildman–Crippen MR) is 101 cm³/mol. The Hall–Kier alpha value is -2.07. The van der Waals surface area contributed by atoms with Gasteiger partial charge < -0.3 is 29.2 Å². The monoisotopic (exact) mass is 415 g/mol. The van der Waals surface area contributed by atoms with Crippen LogP contribution in [-0.4, -0.2) is 56.6 Å². The largest absolute Gasteiger partial charge is 0.465 e. The van der Waals surface area contributed by atoms with Crippen LogP contribution in [0.2, 0.25) is 0 Å². The highest BCUT2D eigenvalue weighted by Gasteiger charge is 2.23. The molecule has 0 amide bonds. The topological polar surface area (TPSA) is 152 Å². The quantitative estimate of drug-likeness (QED) is 0.332. The highest BCUT2D eigenvalue weighted by Crippen LogP contribution is 2.41. The Balaban J connectivity index is 1.65. The summed E-state index contributed by atoms with van der Waals surface area (Å²) in [5, 5.41) is 0. The molecule has 12 heteroatoms. The molecule has 11 nitrogen and oxygen atoms in total. The zero-order valence-electron chi connectivity index (χ0n) is 16.2. The Labute approximate surface area is 162 Å². The number of rotatable bonds is 10. The van der Waals surface area contributed by atoms with E-state index >= 15 is 0 Å². The summed E-state index contributed by atoms with van der Waals surface area (Å²) in [7, 11) is -3.88. The van der Waals surface area contributed by atoms with Gasteiger partial charge in [0.1, 0.15) is 18.2 Å². The lowest BCUT2D eigenvalue weighted by Gasteiger charge is -2.17. The van der Waals surface area contributed by atoms with Crippen molar-refractivity contribution in [1.82, 2.24) is 19.5 Å². The maximum Gasteiger partial charge on any atom is 0.353 e. The fraction of sp³-hybridized carbons (Fsp3) is 0.625. The van der Waals surface area contributed by atoms with Crippen LogP contribution in [0.3, 0.4) is 0 Å². The number of aromatic nitrogens is 4. The van der Waals surface area contributed by atoms with Crippen LogP contribution in [0.25, 0.3) is 11.2 Å². The molecule has 2 aromatic rings. The molecule has 0 aromatic carbocycles. The van der Waals surface area contributed by atoms with Gasteiger partial charge >= 0.3 is 13.6 Å². The second-order valence-electron chi connectivity index (χ2n) is 7.12. The summed E-state index contributed by atoms with van der Waals surface area (Å²) < 4.78 is 28.9. The Kier molecular flexibility index (Phi) is 7.48. The van der Waals surface area contributed by atoms with Crippen molar-refractivity contribution in [3.63, 3.8) is 0 Å². The number of imidazole rings is 1. The van der Waals surface area contributed by atoms with Crippen LogP contribution in [0, 0.1) is 5.41 Å². The first-order chi connectivity index (χ1) is 13.1. The van der Waals surface area contributed by atoms with Crippen molar-refractivity contribution in [3.05, 3.63) is 12.7 Å². The zero-order valence-corrected chi connectivity index (χ0v) is 17.1. The second kappa shape index (κ2) is 9.42. The maximum absolute atomic E-state index is 11.9. The van der Waals surface area contributed by atoms with Gasteiger partial charge in [-0.2, -0.15) is 0 Å². The molecule has 0 radical (unpaired) electrons. The van der Waals surface area contributed by atoms with Crippen molar-refractivity contribution >= 4 is 30.5 Å². The lowest BCUT2D eigenvalue weighted by Crippen LogP contribution is -2.23. The third-order valence-electron chi connectivity index (χ3n) is 3.59. The van der Waals surface area contributed by atoms with E-state index in [1.54, 1.807) is 31.7 Å². The summed E-state index contributed by atoms with van der Waals surface area (Å²) in [5.41, 5.74) is 6.18. The molecule has 0 aliphatic carbocycles. The number of fused-ring (bicyclic) bond motifs is 1. The number of ether oxygens (including phenoxy) is 2. The van der Waals surface area contributed by atoms with E-state index in [1.807, 2.05) is 0 Å². The summed E-state index contributed by atoms with van der Waals surface area (Å²) in [6, 6.07) is 0. The summed E-state index contributed by atoms with van der Waals surface area (Å²) in [6.45, 7) is 5.88. The van der Waals surface area contributed by atoms with Crippen LogP contribution in [0.5, 0.6) is 0 Å². The number of hydrogen-bond donors (Lipinski definition) is 2. The molecule has 28 heavy (non-hydrogen) atoms. The lowest BCUT2D eigenvalue weighted by molar-refractivity contribution is -0.153. The van der Waals surface area contributed by atoms with Crippen molar-refractivity contribution < 1.29 is 28.3 Å². The molecule has 1 atom stereocenters. The number of nitrogens with zero attached hydrogens (tertiary/aromatic N) is 4. The summed E-state index contributed by atoms with van der Waals surface area (Å²) >= 11 is 0. The summed E-state index contributed by atoms with van der Waals surface area (Å²) in [5.74, 6) is -0.0480. The fourth-order valence-electron chi connectivity index (χ4n) is 2.09. The van der Waals surface area contributed by atoms with E-state index in [4.69, 9.17) is 19.7 Å². The molecule has 156 valence electrons. The van der Waals surface area contributed by atoms with Gasteiger partial charge in [0.25, 0.3) is 0 Å². The smallest absolute Gasteiger partial charge is 0.353 e. The number of nitrogen functional groups attached to an aromatic ring is 1. The number of esters is 1. The van der Waals surface area contributed by atoms with Crippen molar-refractivity contribution in [2.75, 3.05) is 31.9 Å². The van der Waals surface area contributed by atoms with E-state index in [2.05, 4.69) is 15.0 Å². The molecule has 0 aliphatic heterocycles. The molecular formula is C16H26N5O6P. The number of carbonyl (C=O) groups excluding carboxylic acids is 1. The van der Waals surface area contributed by atoms with Crippen molar-refractivity contribution in [3.8, 4) is 0 Å². The normalized spacial score (nSPS) is 14.1. The first-order valence-electron chi connectivity index (χ1n) is 8.73. The SMILES string of the molecule is CC(C)(C)C(=O)OCCCOP(=O)(O)COCCn1cnc2c(N)ncnc21. The van der Waals surface area contributed by atoms with E-state index in [9.17, 15) is 14.3 Å². The minimum absolute atomic E-state index is 0.0169. The molecule has 1 unspecified atom stereocenters. The van der Waals surface area contributed by atoms with Crippen LogP contribution in [0.1, 0.15) is 27.2 Å². The average Bonchev–Trinajstić information content (AvgIpc) is 3.02. The van der Waals surface area contributed by atoms with Gasteiger partial charge in [0, 0.05) is 13.0 Å². The Morgan fingerprint density at radius 3 is 2.71 bits per heavy atom. The predicted octanol–water partition coefficient (Wildman–Crippen LogP) is 1.56. The van der Waals surface area contributed by atoms with Crippen LogP contribution >= 0.6 is 7.60 Å². The minimum atomic E-state index is -3.88. The zero-order chi connectivity index (χ0) is 20.8. The Morgan fingerprint density at radius 1 is 1.25 bits per heavy atom. The minimum Gasteiger partial charge on any atom is -0.465 e. The van der Waals surface area contributed by atoms with Crippen molar-refractivity contribution in [2.24, 2.45) is 5.41 Å². The fourth-order valence-corrected chi connectivity index (χ4v) is 2.94. The van der Waals surface area contributed by atoms with E-state index < -0.39 is 19.4 Å². The molecule has 0 saturated carbocycles. The molecule has 2 rings (SSSR count). The molecule has 0 saturated heterocycles. The molecule has 2 heterocycles. The number of hydrogen-bond acceptors (Lipinski definition) is 9. The van der Waals surface area contributed by atoms with Gasteiger partial charge in [-0.1, -0.05) is 0 Å². The molecule has 0 bridgehead atoms. The van der Waals surface area contributed by atoms with Crippen LogP contribution < -0.4 is 5.73 Å². The highest BCUT2D eigenvalue weighted by atomic mass is 31.2. The number of anilines is 1. The first-order valence-corrected chi connectivity index (χ1v) is 10.5. The lowest BCUT2D eigenvalue weighted by atomic mass is 9.97. The molecular weight excluding hydrogens is 389 g/mol. The Bertz CT molecular complexity index is 850. The summed E-state index contributed by atoms with van der Waals surface area (Å²) in [4.78, 5) is 33.4. The average molecular weight is 415 g/mol. The molecule has 2 aromatic heterocycles. The Morgan fingerprint density at radius 2 is 2.00 bits per heavy atom.